The Bertz CT molecular complexity index is 560. The van der Waals surface area contributed by atoms with Crippen LogP contribution in [0.25, 0.3) is 0 Å². The molecular weight excluding hydrogens is 272 g/mol. The quantitative estimate of drug-likeness (QED) is 0.807. The molecule has 1 aromatic carbocycles. The fourth-order valence-corrected chi connectivity index (χ4v) is 2.67. The number of likely N-dealkylation sites (tertiary alicyclic amines) is 1. The van der Waals surface area contributed by atoms with Crippen molar-refractivity contribution in [2.45, 2.75) is 18.4 Å². The summed E-state index contributed by atoms with van der Waals surface area (Å²) in [7, 11) is 0. The number of nitrogens with two attached hydrogens (primary N) is 1. The number of ether oxygens (including phenoxy) is 1. The van der Waals surface area contributed by atoms with Gasteiger partial charge in [0.2, 0.25) is 0 Å². The van der Waals surface area contributed by atoms with Crippen LogP contribution in [0.15, 0.2) is 24.3 Å². The van der Waals surface area contributed by atoms with E-state index in [9.17, 15) is 14.7 Å². The van der Waals surface area contributed by atoms with Crippen molar-refractivity contribution >= 4 is 11.8 Å². The van der Waals surface area contributed by atoms with Crippen molar-refractivity contribution in [1.82, 2.24) is 4.90 Å². The van der Waals surface area contributed by atoms with E-state index < -0.39 is 11.5 Å². The van der Waals surface area contributed by atoms with E-state index in [-0.39, 0.29) is 12.5 Å². The Morgan fingerprint density at radius 1 is 1.29 bits per heavy atom. The smallest absolute Gasteiger partial charge is 0.255 e. The van der Waals surface area contributed by atoms with Gasteiger partial charge >= 0.3 is 0 Å². The van der Waals surface area contributed by atoms with Gasteiger partial charge in [0.25, 0.3) is 11.8 Å². The molecule has 3 rings (SSSR count). The standard InChI is InChI=1S/C15H18N2O4/c16-13(18)7-21-12-5-1-10(2-6-12)14(19)17-8-15(20,9-17)11-3-4-11/h1-2,5-6,11,20H,3-4,7-9H2,(H2,16,18). The molecule has 1 saturated carbocycles. The van der Waals surface area contributed by atoms with Gasteiger partial charge in [-0.2, -0.15) is 0 Å². The molecule has 0 atom stereocenters. The molecule has 0 aromatic heterocycles. The van der Waals surface area contributed by atoms with Crippen molar-refractivity contribution in [1.29, 1.82) is 0 Å². The van der Waals surface area contributed by atoms with Crippen LogP contribution >= 0.6 is 0 Å². The highest BCUT2D eigenvalue weighted by molar-refractivity contribution is 5.95. The van der Waals surface area contributed by atoms with Crippen molar-refractivity contribution in [3.8, 4) is 5.75 Å². The van der Waals surface area contributed by atoms with Crippen LogP contribution in [0.5, 0.6) is 5.75 Å². The number of carbonyl (C=O) groups is 2. The van der Waals surface area contributed by atoms with Crippen LogP contribution in [0.2, 0.25) is 0 Å². The van der Waals surface area contributed by atoms with Crippen LogP contribution in [-0.2, 0) is 4.79 Å². The van der Waals surface area contributed by atoms with Crippen LogP contribution in [-0.4, -0.2) is 47.1 Å². The van der Waals surface area contributed by atoms with Gasteiger partial charge in [-0.25, -0.2) is 0 Å². The van der Waals surface area contributed by atoms with Crippen molar-refractivity contribution in [2.24, 2.45) is 11.7 Å². The zero-order valence-corrected chi connectivity index (χ0v) is 11.6. The highest BCUT2D eigenvalue weighted by Gasteiger charge is 2.53. The van der Waals surface area contributed by atoms with Gasteiger partial charge < -0.3 is 20.5 Å². The minimum atomic E-state index is -0.666. The zero-order valence-electron chi connectivity index (χ0n) is 11.6. The molecule has 1 aliphatic heterocycles. The summed E-state index contributed by atoms with van der Waals surface area (Å²) in [6, 6.07) is 6.55. The molecule has 1 heterocycles. The lowest BCUT2D eigenvalue weighted by molar-refractivity contribution is -0.119. The molecule has 2 amide bonds. The summed E-state index contributed by atoms with van der Waals surface area (Å²) in [6.45, 7) is 0.640. The summed E-state index contributed by atoms with van der Waals surface area (Å²) in [5, 5.41) is 10.2. The normalized spacial score (nSPS) is 19.8. The van der Waals surface area contributed by atoms with Crippen molar-refractivity contribution < 1.29 is 19.4 Å². The van der Waals surface area contributed by atoms with Crippen molar-refractivity contribution in [2.75, 3.05) is 19.7 Å². The van der Waals surface area contributed by atoms with Crippen LogP contribution in [0.1, 0.15) is 23.2 Å². The average Bonchev–Trinajstić information content (AvgIpc) is 3.26. The first-order chi connectivity index (χ1) is 9.98. The molecule has 1 saturated heterocycles. The maximum absolute atomic E-state index is 12.2. The van der Waals surface area contributed by atoms with Crippen molar-refractivity contribution in [3.63, 3.8) is 0 Å². The van der Waals surface area contributed by atoms with Crippen molar-refractivity contribution in [3.05, 3.63) is 29.8 Å². The number of benzene rings is 1. The summed E-state index contributed by atoms with van der Waals surface area (Å²) in [6.07, 6.45) is 2.12. The molecule has 21 heavy (non-hydrogen) atoms. The molecule has 0 spiro atoms. The van der Waals surface area contributed by atoms with E-state index in [1.54, 1.807) is 29.2 Å². The van der Waals surface area contributed by atoms with E-state index in [4.69, 9.17) is 10.5 Å². The van der Waals surface area contributed by atoms with Gasteiger partial charge in [-0.15, -0.1) is 0 Å². The number of primary amides is 1. The van der Waals surface area contributed by atoms with Gasteiger partial charge in [0.1, 0.15) is 11.4 Å². The average molecular weight is 290 g/mol. The van der Waals surface area contributed by atoms with Crippen LogP contribution in [0, 0.1) is 5.92 Å². The maximum atomic E-state index is 12.2. The van der Waals surface area contributed by atoms with Gasteiger partial charge in [-0.1, -0.05) is 0 Å². The molecule has 1 aromatic rings. The first-order valence-electron chi connectivity index (χ1n) is 7.01. The van der Waals surface area contributed by atoms with E-state index >= 15 is 0 Å². The number of rotatable bonds is 5. The molecule has 2 aliphatic rings. The summed E-state index contributed by atoms with van der Waals surface area (Å²) in [5.41, 5.74) is 4.86. The topological polar surface area (TPSA) is 92.9 Å². The second-order valence-corrected chi connectivity index (χ2v) is 5.82. The van der Waals surface area contributed by atoms with Crippen LogP contribution < -0.4 is 10.5 Å². The second-order valence-electron chi connectivity index (χ2n) is 5.82. The van der Waals surface area contributed by atoms with Crippen LogP contribution in [0.4, 0.5) is 0 Å². The minimum Gasteiger partial charge on any atom is -0.484 e. The van der Waals surface area contributed by atoms with Gasteiger partial charge in [0.15, 0.2) is 6.61 Å². The van der Waals surface area contributed by atoms with Crippen LogP contribution in [0.3, 0.4) is 0 Å². The van der Waals surface area contributed by atoms with Gasteiger partial charge in [-0.3, -0.25) is 9.59 Å². The number of aliphatic hydroxyl groups is 1. The highest BCUT2D eigenvalue weighted by Crippen LogP contribution is 2.44. The Morgan fingerprint density at radius 3 is 2.43 bits per heavy atom. The van der Waals surface area contributed by atoms with E-state index in [1.807, 2.05) is 0 Å². The molecule has 2 fully saturated rings. The van der Waals surface area contributed by atoms with E-state index in [0.717, 1.165) is 12.8 Å². The lowest BCUT2D eigenvalue weighted by Crippen LogP contribution is -2.64. The van der Waals surface area contributed by atoms with E-state index in [2.05, 4.69) is 0 Å². The Hall–Kier alpha value is -2.08. The maximum Gasteiger partial charge on any atom is 0.255 e. The fraction of sp³-hybridized carbons (Fsp3) is 0.467. The molecule has 112 valence electrons. The summed E-state index contributed by atoms with van der Waals surface area (Å²) >= 11 is 0. The predicted molar refractivity (Wildman–Crippen MR) is 74.7 cm³/mol. The Balaban J connectivity index is 1.57. The third-order valence-electron chi connectivity index (χ3n) is 4.04. The Labute approximate surface area is 122 Å². The summed E-state index contributed by atoms with van der Waals surface area (Å²) in [5.74, 6) is 0.214. The van der Waals surface area contributed by atoms with E-state index in [1.165, 1.54) is 0 Å². The van der Waals surface area contributed by atoms with Gasteiger partial charge in [0, 0.05) is 5.56 Å². The third-order valence-corrected chi connectivity index (χ3v) is 4.04. The lowest BCUT2D eigenvalue weighted by atomic mass is 9.88. The SMILES string of the molecule is NC(=O)COc1ccc(C(=O)N2CC(O)(C3CC3)C2)cc1. The highest BCUT2D eigenvalue weighted by atomic mass is 16.5. The first kappa shape index (κ1) is 13.9. The lowest BCUT2D eigenvalue weighted by Gasteiger charge is -2.47. The number of β-amino-alcohol motifs (C(OH)–C–C–N with tert-alkyl or cyclic N) is 1. The second kappa shape index (κ2) is 5.04. The monoisotopic (exact) mass is 290 g/mol. The zero-order chi connectivity index (χ0) is 15.0. The van der Waals surface area contributed by atoms with Gasteiger partial charge in [-0.05, 0) is 43.0 Å². The molecule has 6 nitrogen and oxygen atoms in total. The summed E-state index contributed by atoms with van der Waals surface area (Å²) in [4.78, 5) is 24.5. The number of nitrogens with zero attached hydrogens (tertiary/aromatic N) is 1. The predicted octanol–water partition coefficient (Wildman–Crippen LogP) is 0.148. The molecule has 0 unspecified atom stereocenters. The Kier molecular flexibility index (Phi) is 3.33. The number of carbonyl (C=O) groups excluding carboxylic acids is 2. The molecule has 6 heteroatoms. The number of hydrogen-bond donors (Lipinski definition) is 2. The van der Waals surface area contributed by atoms with E-state index in [0.29, 0.717) is 30.3 Å². The molecule has 1 aliphatic carbocycles. The number of hydrogen-bond acceptors (Lipinski definition) is 4. The van der Waals surface area contributed by atoms with Gasteiger partial charge in [0.05, 0.1) is 13.1 Å². The Morgan fingerprint density at radius 2 is 1.90 bits per heavy atom. The first-order valence-corrected chi connectivity index (χ1v) is 7.01. The summed E-state index contributed by atoms with van der Waals surface area (Å²) < 4.78 is 5.14. The largest absolute Gasteiger partial charge is 0.484 e. The third kappa shape index (κ3) is 2.85. The molecular formula is C15H18N2O4. The molecule has 3 N–H and O–H groups in total. The minimum absolute atomic E-state index is 0.0956. The molecule has 0 bridgehead atoms. The fourth-order valence-electron chi connectivity index (χ4n) is 2.67. The molecule has 0 radical (unpaired) electrons. The number of amides is 2.